The Bertz CT molecular complexity index is 823. The average Bonchev–Trinajstić information content (AvgIpc) is 2.76. The van der Waals surface area contributed by atoms with Crippen LogP contribution in [0.15, 0.2) is 34.9 Å². The minimum atomic E-state index is -5.14. The van der Waals surface area contributed by atoms with Gasteiger partial charge in [-0.15, -0.1) is 0 Å². The first-order valence-corrected chi connectivity index (χ1v) is 8.00. The summed E-state index contributed by atoms with van der Waals surface area (Å²) in [7, 11) is -5.14. The second-order valence-electron chi connectivity index (χ2n) is 4.65. The normalized spacial score (nSPS) is 15.2. The topological polar surface area (TPSA) is 104 Å². The minimum absolute atomic E-state index is 0.287. The zero-order valence-corrected chi connectivity index (χ0v) is 12.7. The molecule has 0 unspecified atom stereocenters. The van der Waals surface area contributed by atoms with Crippen LogP contribution in [0, 0.1) is 5.82 Å². The first kappa shape index (κ1) is 17.9. The van der Waals surface area contributed by atoms with Gasteiger partial charge in [-0.2, -0.15) is 8.78 Å². The van der Waals surface area contributed by atoms with Crippen molar-refractivity contribution in [2.24, 2.45) is 0 Å². The summed E-state index contributed by atoms with van der Waals surface area (Å²) >= 11 is 0. The van der Waals surface area contributed by atoms with Crippen LogP contribution in [0.25, 0.3) is 0 Å². The summed E-state index contributed by atoms with van der Waals surface area (Å²) < 4.78 is 61.9. The molecule has 2 rings (SSSR count). The van der Waals surface area contributed by atoms with Crippen molar-refractivity contribution in [1.29, 1.82) is 0 Å². The predicted molar refractivity (Wildman–Crippen MR) is 75.1 cm³/mol. The number of rotatable bonds is 6. The molecule has 0 aromatic heterocycles. The highest BCUT2D eigenvalue weighted by molar-refractivity contribution is 7.91. The number of aliphatic hydroxyl groups is 1. The lowest BCUT2D eigenvalue weighted by molar-refractivity contribution is -0.137. The Hall–Kier alpha value is -2.40. The fourth-order valence-electron chi connectivity index (χ4n) is 1.99. The zero-order chi connectivity index (χ0) is 18.1. The third-order valence-electron chi connectivity index (χ3n) is 3.09. The Morgan fingerprint density at radius 3 is 2.50 bits per heavy atom. The highest BCUT2D eigenvalue weighted by atomic mass is 32.2. The van der Waals surface area contributed by atoms with Crippen molar-refractivity contribution in [2.75, 3.05) is 18.5 Å². The van der Waals surface area contributed by atoms with Gasteiger partial charge >= 0.3 is 5.76 Å². The van der Waals surface area contributed by atoms with Crippen LogP contribution in [0.1, 0.15) is 0 Å². The van der Waals surface area contributed by atoms with Gasteiger partial charge in [-0.3, -0.25) is 14.5 Å². The van der Waals surface area contributed by atoms with Crippen molar-refractivity contribution >= 4 is 27.3 Å². The quantitative estimate of drug-likeness (QED) is 0.712. The number of carbonyl (C=O) groups excluding carboxylic acids is 2. The van der Waals surface area contributed by atoms with E-state index in [9.17, 15) is 31.2 Å². The molecule has 1 aliphatic heterocycles. The van der Waals surface area contributed by atoms with Crippen LogP contribution in [0.4, 0.5) is 18.9 Å². The van der Waals surface area contributed by atoms with Gasteiger partial charge in [-0.1, -0.05) is 0 Å². The Balaban J connectivity index is 2.40. The highest BCUT2D eigenvalue weighted by Crippen LogP contribution is 2.29. The van der Waals surface area contributed by atoms with Crippen LogP contribution >= 0.6 is 0 Å². The number of nitrogens with one attached hydrogen (secondary N) is 1. The maximum Gasteiger partial charge on any atom is 0.341 e. The maximum absolute atomic E-state index is 13.2. The van der Waals surface area contributed by atoms with Gasteiger partial charge < -0.3 is 10.4 Å². The van der Waals surface area contributed by atoms with E-state index < -0.39 is 50.4 Å². The van der Waals surface area contributed by atoms with Gasteiger partial charge in [0.25, 0.3) is 11.8 Å². The molecule has 1 aromatic carbocycles. The van der Waals surface area contributed by atoms with Crippen molar-refractivity contribution < 1.29 is 36.3 Å². The minimum Gasteiger partial charge on any atom is -0.395 e. The van der Waals surface area contributed by atoms with Gasteiger partial charge in [0.15, 0.2) is 0 Å². The van der Waals surface area contributed by atoms with Gasteiger partial charge in [0, 0.05) is 6.08 Å². The predicted octanol–water partition coefficient (Wildman–Crippen LogP) is 0.479. The molecule has 0 bridgehead atoms. The summed E-state index contributed by atoms with van der Waals surface area (Å²) in [5, 5.41) is 11.0. The van der Waals surface area contributed by atoms with Crippen LogP contribution in [-0.4, -0.2) is 49.1 Å². The third-order valence-corrected chi connectivity index (χ3v) is 4.51. The van der Waals surface area contributed by atoms with E-state index in [4.69, 9.17) is 5.11 Å². The summed E-state index contributed by atoms with van der Waals surface area (Å²) in [5.41, 5.74) is -0.860. The van der Waals surface area contributed by atoms with Crippen LogP contribution in [-0.2, 0) is 19.4 Å². The summed E-state index contributed by atoms with van der Waals surface area (Å²) in [6.45, 7) is -0.773. The molecular weight excluding hydrogens is 353 g/mol. The Morgan fingerprint density at radius 1 is 1.25 bits per heavy atom. The largest absolute Gasteiger partial charge is 0.395 e. The first-order chi connectivity index (χ1) is 11.2. The lowest BCUT2D eigenvalue weighted by Crippen LogP contribution is -2.34. The van der Waals surface area contributed by atoms with Crippen molar-refractivity contribution in [3.8, 4) is 0 Å². The number of anilines is 1. The number of hydrogen-bond donors (Lipinski definition) is 2. The molecule has 0 saturated carbocycles. The molecule has 24 heavy (non-hydrogen) atoms. The van der Waals surface area contributed by atoms with Gasteiger partial charge in [0.2, 0.25) is 9.84 Å². The van der Waals surface area contributed by atoms with Gasteiger partial charge in [0.05, 0.1) is 23.7 Å². The number of sulfone groups is 1. The number of aliphatic hydroxyl groups excluding tert-OH is 1. The summed E-state index contributed by atoms with van der Waals surface area (Å²) in [5.74, 6) is -6.50. The van der Waals surface area contributed by atoms with Gasteiger partial charge in [-0.25, -0.2) is 12.8 Å². The number of nitrogens with zero attached hydrogens (tertiary/aromatic N) is 1. The maximum atomic E-state index is 13.2. The smallest absolute Gasteiger partial charge is 0.341 e. The first-order valence-electron chi connectivity index (χ1n) is 6.45. The molecule has 130 valence electrons. The molecule has 0 aliphatic carbocycles. The molecule has 1 heterocycles. The van der Waals surface area contributed by atoms with Gasteiger partial charge in [-0.05, 0) is 18.2 Å². The fraction of sp³-hybridized carbons (Fsp3) is 0.231. The summed E-state index contributed by atoms with van der Waals surface area (Å²) in [4.78, 5) is 23.2. The number of imide groups is 1. The van der Waals surface area contributed by atoms with Gasteiger partial charge in [0.1, 0.15) is 11.5 Å². The molecule has 2 amide bonds. The van der Waals surface area contributed by atoms with Crippen molar-refractivity contribution in [2.45, 2.75) is 10.7 Å². The van der Waals surface area contributed by atoms with E-state index in [0.29, 0.717) is 11.0 Å². The summed E-state index contributed by atoms with van der Waals surface area (Å²) in [6, 6.07) is 2.05. The van der Waals surface area contributed by atoms with Crippen molar-refractivity contribution in [3.05, 3.63) is 35.8 Å². The van der Waals surface area contributed by atoms with Crippen LogP contribution in [0.3, 0.4) is 0 Å². The molecule has 0 spiro atoms. The number of carbonyl (C=O) groups is 2. The average molecular weight is 364 g/mol. The molecule has 7 nitrogen and oxygen atoms in total. The molecule has 0 atom stereocenters. The van der Waals surface area contributed by atoms with Crippen molar-refractivity contribution in [1.82, 2.24) is 4.90 Å². The Labute approximate surface area is 134 Å². The monoisotopic (exact) mass is 364 g/mol. The van der Waals surface area contributed by atoms with E-state index in [0.717, 1.165) is 18.2 Å². The van der Waals surface area contributed by atoms with Crippen LogP contribution < -0.4 is 5.32 Å². The molecule has 2 N–H and O–H groups in total. The number of halogens is 3. The SMILES string of the molecule is O=C1C=C(Nc2ccc(F)cc2S(=O)(=O)C(F)F)C(=O)N1CCO. The number of β-amino-alcohol motifs (C(OH)–C–C–N with tert-alkyl or cyclic N) is 1. The van der Waals surface area contributed by atoms with E-state index in [1.54, 1.807) is 0 Å². The second kappa shape index (κ2) is 6.61. The lowest BCUT2D eigenvalue weighted by atomic mass is 10.3. The Kier molecular flexibility index (Phi) is 4.94. The molecule has 0 fully saturated rings. The van der Waals surface area contributed by atoms with E-state index in [1.165, 1.54) is 0 Å². The van der Waals surface area contributed by atoms with Crippen molar-refractivity contribution in [3.63, 3.8) is 0 Å². The molecule has 0 saturated heterocycles. The number of amides is 2. The number of alkyl halides is 2. The molecule has 1 aliphatic rings. The van der Waals surface area contributed by atoms with E-state index in [-0.39, 0.29) is 12.2 Å². The third kappa shape index (κ3) is 3.26. The van der Waals surface area contributed by atoms with Crippen LogP contribution in [0.2, 0.25) is 0 Å². The summed E-state index contributed by atoms with van der Waals surface area (Å²) in [6.07, 6.45) is 0.820. The standard InChI is InChI=1S/C13H11F3N2O5S/c14-7-1-2-8(10(5-7)24(22,23)13(15)16)17-9-6-11(20)18(3-4-19)12(9)21/h1-2,5-6,13,17,19H,3-4H2. The van der Waals surface area contributed by atoms with E-state index in [2.05, 4.69) is 5.32 Å². The highest BCUT2D eigenvalue weighted by Gasteiger charge is 2.34. The van der Waals surface area contributed by atoms with E-state index in [1.807, 2.05) is 0 Å². The molecule has 1 aromatic rings. The number of hydrogen-bond acceptors (Lipinski definition) is 6. The molecule has 0 radical (unpaired) electrons. The van der Waals surface area contributed by atoms with E-state index >= 15 is 0 Å². The molecular formula is C13H11F3N2O5S. The lowest BCUT2D eigenvalue weighted by Gasteiger charge is -2.15. The Morgan fingerprint density at radius 2 is 1.92 bits per heavy atom. The second-order valence-corrected chi connectivity index (χ2v) is 6.53. The van der Waals surface area contributed by atoms with Crippen LogP contribution in [0.5, 0.6) is 0 Å². The fourth-order valence-corrected chi connectivity index (χ4v) is 2.88. The zero-order valence-electron chi connectivity index (χ0n) is 11.9. The molecule has 11 heteroatoms. The number of benzene rings is 1.